The zero-order chi connectivity index (χ0) is 19.1. The first-order chi connectivity index (χ1) is 13.1. The summed E-state index contributed by atoms with van der Waals surface area (Å²) in [5.41, 5.74) is 6.03. The van der Waals surface area contributed by atoms with Crippen LogP contribution in [0.4, 0.5) is 5.82 Å². The first-order valence-corrected chi connectivity index (χ1v) is 9.12. The quantitative estimate of drug-likeness (QED) is 0.572. The number of rotatable bonds is 6. The zero-order valence-electron chi connectivity index (χ0n) is 15.4. The third-order valence-corrected chi connectivity index (χ3v) is 4.58. The van der Waals surface area contributed by atoms with Crippen molar-refractivity contribution in [2.75, 3.05) is 31.6 Å². The van der Waals surface area contributed by atoms with Crippen molar-refractivity contribution in [3.05, 3.63) is 59.7 Å². The van der Waals surface area contributed by atoms with E-state index in [2.05, 4.69) is 28.4 Å². The lowest BCUT2D eigenvalue weighted by molar-refractivity contribution is -0.150. The van der Waals surface area contributed by atoms with Crippen molar-refractivity contribution in [2.24, 2.45) is 0 Å². The van der Waals surface area contributed by atoms with Gasteiger partial charge in [0.2, 0.25) is 0 Å². The number of piperidine rings is 1. The number of carbonyl (C=O) groups excluding carboxylic acids is 2. The number of esters is 1. The van der Waals surface area contributed by atoms with E-state index in [1.165, 1.54) is 4.90 Å². The first kappa shape index (κ1) is 18.9. The van der Waals surface area contributed by atoms with Crippen molar-refractivity contribution in [2.45, 2.75) is 25.4 Å². The molecule has 1 saturated heterocycles. The molecule has 0 unspecified atom stereocenters. The molecule has 2 heterocycles. The third kappa shape index (κ3) is 5.28. The number of nitrogens with zero attached hydrogens (tertiary/aromatic N) is 3. The van der Waals surface area contributed by atoms with Crippen LogP contribution in [0.5, 0.6) is 0 Å². The predicted octanol–water partition coefficient (Wildman–Crippen LogP) is 2.25. The van der Waals surface area contributed by atoms with Crippen LogP contribution >= 0.6 is 0 Å². The molecule has 0 saturated carbocycles. The van der Waals surface area contributed by atoms with Gasteiger partial charge in [-0.1, -0.05) is 17.5 Å². The normalized spacial score (nSPS) is 16.9. The summed E-state index contributed by atoms with van der Waals surface area (Å²) in [5.74, 6) is -0.0142. The number of aromatic nitrogens is 1. The fraction of sp³-hybridized carbons (Fsp3) is 0.381. The highest BCUT2D eigenvalue weighted by Crippen LogP contribution is 2.17. The van der Waals surface area contributed by atoms with Crippen LogP contribution in [0, 0.1) is 0 Å². The lowest BCUT2D eigenvalue weighted by Crippen LogP contribution is -2.37. The number of carbonyl (C=O) groups is 2. The van der Waals surface area contributed by atoms with Gasteiger partial charge < -0.3 is 9.64 Å². The fourth-order valence-electron chi connectivity index (χ4n) is 3.02. The topological polar surface area (TPSA) is 62.7 Å². The van der Waals surface area contributed by atoms with Crippen LogP contribution in [-0.2, 0) is 14.3 Å². The minimum absolute atomic E-state index is 0.0352. The van der Waals surface area contributed by atoms with Gasteiger partial charge in [0.05, 0.1) is 6.42 Å². The summed E-state index contributed by atoms with van der Waals surface area (Å²) in [4.78, 5) is 33.1. The second-order valence-corrected chi connectivity index (χ2v) is 6.61. The molecular formula is C21H23N3O3. The van der Waals surface area contributed by atoms with Gasteiger partial charge in [0.25, 0.3) is 5.91 Å². The largest absolute Gasteiger partial charge is 0.462 e. The Labute approximate surface area is 159 Å². The monoisotopic (exact) mass is 365 g/mol. The van der Waals surface area contributed by atoms with Gasteiger partial charge in [0.1, 0.15) is 11.9 Å². The van der Waals surface area contributed by atoms with Crippen molar-refractivity contribution < 1.29 is 14.3 Å². The first-order valence-electron chi connectivity index (χ1n) is 9.12. The molecule has 1 aliphatic carbocycles. The number of amides is 1. The Bertz CT molecular complexity index is 810. The van der Waals surface area contributed by atoms with Crippen molar-refractivity contribution >= 4 is 17.7 Å². The van der Waals surface area contributed by atoms with Crippen LogP contribution in [-0.4, -0.2) is 54.5 Å². The van der Waals surface area contributed by atoms with Gasteiger partial charge in [-0.15, -0.1) is 0 Å². The van der Waals surface area contributed by atoms with Gasteiger partial charge in [0, 0.05) is 37.5 Å². The van der Waals surface area contributed by atoms with Gasteiger partial charge in [-0.25, -0.2) is 4.98 Å². The Morgan fingerprint density at radius 1 is 1.30 bits per heavy atom. The van der Waals surface area contributed by atoms with E-state index < -0.39 is 0 Å². The van der Waals surface area contributed by atoms with E-state index in [4.69, 9.17) is 4.74 Å². The van der Waals surface area contributed by atoms with Gasteiger partial charge in [-0.05, 0) is 44.2 Å². The van der Waals surface area contributed by atoms with E-state index in [1.54, 1.807) is 36.6 Å². The van der Waals surface area contributed by atoms with Crippen molar-refractivity contribution in [1.29, 1.82) is 0 Å². The minimum Gasteiger partial charge on any atom is -0.462 e. The Morgan fingerprint density at radius 3 is 2.78 bits per heavy atom. The summed E-state index contributed by atoms with van der Waals surface area (Å²) in [6.45, 7) is 2.07. The molecule has 1 amide bonds. The summed E-state index contributed by atoms with van der Waals surface area (Å²) in [6, 6.07) is 5.34. The fourth-order valence-corrected chi connectivity index (χ4v) is 3.02. The van der Waals surface area contributed by atoms with Crippen LogP contribution in [0.2, 0.25) is 0 Å². The highest BCUT2D eigenvalue weighted by Gasteiger charge is 2.23. The molecule has 6 nitrogen and oxygen atoms in total. The number of allylic oxidation sites excluding steroid dienone is 2. The van der Waals surface area contributed by atoms with Gasteiger partial charge >= 0.3 is 5.97 Å². The number of ether oxygens (including phenoxy) is 1. The van der Waals surface area contributed by atoms with E-state index in [-0.39, 0.29) is 30.9 Å². The van der Waals surface area contributed by atoms with Crippen LogP contribution < -0.4 is 4.90 Å². The Morgan fingerprint density at radius 2 is 2.11 bits per heavy atom. The second-order valence-electron chi connectivity index (χ2n) is 6.61. The average Bonchev–Trinajstić information content (AvgIpc) is 2.71. The molecule has 0 spiro atoms. The maximum absolute atomic E-state index is 12.9. The Kier molecular flexibility index (Phi) is 6.39. The summed E-state index contributed by atoms with van der Waals surface area (Å²) in [6.07, 6.45) is 8.29. The smallest absolute Gasteiger partial charge is 0.307 e. The molecule has 0 aromatic carbocycles. The standard InChI is InChI=1S/C21H23N3O3/c1-23-14-10-18(11-15-23)27-20(25)12-16-24(19-9-5-6-13-22-19)21(26)17-7-3-2-4-8-17/h3,5-9,13,18H,10-12,14-16H2,1H3. The van der Waals surface area contributed by atoms with Crippen molar-refractivity contribution in [1.82, 2.24) is 9.88 Å². The van der Waals surface area contributed by atoms with Crippen molar-refractivity contribution in [3.8, 4) is 0 Å². The molecule has 27 heavy (non-hydrogen) atoms. The highest BCUT2D eigenvalue weighted by atomic mass is 16.5. The second kappa shape index (κ2) is 9.15. The molecule has 0 bridgehead atoms. The number of anilines is 1. The molecule has 0 atom stereocenters. The van der Waals surface area contributed by atoms with Gasteiger partial charge in [-0.2, -0.15) is 0 Å². The molecule has 6 heteroatoms. The van der Waals surface area contributed by atoms with Gasteiger partial charge in [0.15, 0.2) is 0 Å². The molecule has 1 fully saturated rings. The number of hydrogen-bond donors (Lipinski definition) is 0. The summed E-state index contributed by atoms with van der Waals surface area (Å²) in [7, 11) is 2.06. The lowest BCUT2D eigenvalue weighted by atomic mass is 10.1. The molecule has 3 rings (SSSR count). The van der Waals surface area contributed by atoms with Crippen molar-refractivity contribution in [3.63, 3.8) is 0 Å². The van der Waals surface area contributed by atoms with E-state index in [0.717, 1.165) is 25.9 Å². The molecular weight excluding hydrogens is 342 g/mol. The highest BCUT2D eigenvalue weighted by molar-refractivity contribution is 6.07. The van der Waals surface area contributed by atoms with Crippen LogP contribution in [0.25, 0.3) is 0 Å². The number of hydrogen-bond acceptors (Lipinski definition) is 5. The van der Waals surface area contributed by atoms with Crippen LogP contribution in [0.1, 0.15) is 19.3 Å². The van der Waals surface area contributed by atoms with Crippen LogP contribution in [0.3, 0.4) is 0 Å². The Balaban J connectivity index is 1.62. The number of likely N-dealkylation sites (tertiary alicyclic amines) is 1. The maximum atomic E-state index is 12.9. The third-order valence-electron chi connectivity index (χ3n) is 4.58. The maximum Gasteiger partial charge on any atom is 0.307 e. The van der Waals surface area contributed by atoms with E-state index >= 15 is 0 Å². The summed E-state index contributed by atoms with van der Waals surface area (Å²) >= 11 is 0. The molecule has 2 aliphatic rings. The summed E-state index contributed by atoms with van der Waals surface area (Å²) < 4.78 is 5.58. The number of pyridine rings is 1. The lowest BCUT2D eigenvalue weighted by Gasteiger charge is -2.29. The minimum atomic E-state index is -0.286. The molecule has 140 valence electrons. The molecule has 1 aromatic rings. The van der Waals surface area contributed by atoms with E-state index in [1.807, 2.05) is 6.07 Å². The molecule has 1 aromatic heterocycles. The average molecular weight is 365 g/mol. The Hall–Kier alpha value is -2.91. The predicted molar refractivity (Wildman–Crippen MR) is 102 cm³/mol. The SMILES string of the molecule is CN1CCC(OC(=O)CCN(C(=O)C2=CC=C=C=C2)c2ccccn2)CC1. The van der Waals surface area contributed by atoms with Crippen LogP contribution in [0.15, 0.2) is 59.7 Å². The molecule has 1 aliphatic heterocycles. The van der Waals surface area contributed by atoms with E-state index in [9.17, 15) is 9.59 Å². The molecule has 0 radical (unpaired) electrons. The van der Waals surface area contributed by atoms with Gasteiger partial charge in [-0.3, -0.25) is 14.5 Å². The zero-order valence-corrected chi connectivity index (χ0v) is 15.4. The summed E-state index contributed by atoms with van der Waals surface area (Å²) in [5, 5.41) is 0. The van der Waals surface area contributed by atoms with E-state index in [0.29, 0.717) is 11.4 Å². The molecule has 0 N–H and O–H groups in total.